The lowest BCUT2D eigenvalue weighted by Gasteiger charge is -2.16. The lowest BCUT2D eigenvalue weighted by atomic mass is 10.2. The van der Waals surface area contributed by atoms with Gasteiger partial charge in [0.1, 0.15) is 0 Å². The van der Waals surface area contributed by atoms with Crippen molar-refractivity contribution in [1.82, 2.24) is 4.90 Å². The predicted molar refractivity (Wildman–Crippen MR) is 86.4 cm³/mol. The molecule has 0 atom stereocenters. The molecule has 0 fully saturated rings. The molecule has 0 aromatic heterocycles. The van der Waals surface area contributed by atoms with Gasteiger partial charge in [0.25, 0.3) is 0 Å². The fourth-order valence-corrected chi connectivity index (χ4v) is 2.11. The zero-order valence-corrected chi connectivity index (χ0v) is 12.5. The minimum absolute atomic E-state index is 0.106. The summed E-state index contributed by atoms with van der Waals surface area (Å²) in [6.45, 7) is 0.987. The van der Waals surface area contributed by atoms with Gasteiger partial charge in [-0.25, -0.2) is 0 Å². The molecule has 0 unspecified atom stereocenters. The second-order valence-corrected chi connectivity index (χ2v) is 5.15. The Bertz CT molecular complexity index is 639. The average molecular weight is 297 g/mol. The highest BCUT2D eigenvalue weighted by Crippen LogP contribution is 2.09. The third-order valence-electron chi connectivity index (χ3n) is 3.16. The zero-order valence-electron chi connectivity index (χ0n) is 12.5. The molecule has 0 saturated heterocycles. The molecule has 0 aliphatic rings. The van der Waals surface area contributed by atoms with E-state index in [-0.39, 0.29) is 12.5 Å². The number of hydrogen-bond acceptors (Lipinski definition) is 3. The van der Waals surface area contributed by atoms with E-state index in [9.17, 15) is 9.59 Å². The minimum Gasteiger partial charge on any atom is -0.366 e. The van der Waals surface area contributed by atoms with Crippen LogP contribution in [-0.2, 0) is 11.3 Å². The third-order valence-corrected chi connectivity index (χ3v) is 3.16. The second-order valence-electron chi connectivity index (χ2n) is 5.15. The maximum atomic E-state index is 12.0. The van der Waals surface area contributed by atoms with Gasteiger partial charge >= 0.3 is 0 Å². The molecule has 5 heteroatoms. The Morgan fingerprint density at radius 1 is 1.05 bits per heavy atom. The highest BCUT2D eigenvalue weighted by molar-refractivity contribution is 5.95. The molecule has 3 N–H and O–H groups in total. The van der Waals surface area contributed by atoms with Gasteiger partial charge in [0.15, 0.2) is 0 Å². The number of nitrogens with zero attached hydrogens (tertiary/aromatic N) is 1. The maximum Gasteiger partial charge on any atom is 0.248 e. The molecular formula is C17H19N3O2. The summed E-state index contributed by atoms with van der Waals surface area (Å²) in [5.41, 5.74) is 7.39. The van der Waals surface area contributed by atoms with Crippen LogP contribution in [0.15, 0.2) is 54.6 Å². The standard InChI is InChI=1S/C17H19N3O2/c1-20(11-13-5-3-2-4-6-13)12-16(21)19-15-9-7-14(8-10-15)17(18)22/h2-10H,11-12H2,1H3,(H2,18,22)(H,19,21). The third kappa shape index (κ3) is 4.71. The van der Waals surface area contributed by atoms with Crippen LogP contribution in [0.25, 0.3) is 0 Å². The molecule has 0 aliphatic heterocycles. The van der Waals surface area contributed by atoms with Crippen molar-refractivity contribution in [1.29, 1.82) is 0 Å². The number of likely N-dealkylation sites (N-methyl/N-ethyl adjacent to an activating group) is 1. The molecule has 0 radical (unpaired) electrons. The quantitative estimate of drug-likeness (QED) is 0.854. The van der Waals surface area contributed by atoms with E-state index in [1.54, 1.807) is 24.3 Å². The van der Waals surface area contributed by atoms with Gasteiger partial charge in [-0.1, -0.05) is 30.3 Å². The lowest BCUT2D eigenvalue weighted by molar-refractivity contribution is -0.117. The molecule has 2 aromatic rings. The van der Waals surface area contributed by atoms with Crippen LogP contribution in [0.2, 0.25) is 0 Å². The Labute approximate surface area is 129 Å². The Kier molecular flexibility index (Phi) is 5.27. The summed E-state index contributed by atoms with van der Waals surface area (Å²) in [5, 5.41) is 2.79. The van der Waals surface area contributed by atoms with Crippen molar-refractivity contribution in [3.05, 3.63) is 65.7 Å². The van der Waals surface area contributed by atoms with Gasteiger partial charge in [0.05, 0.1) is 6.54 Å². The van der Waals surface area contributed by atoms with Gasteiger partial charge in [0, 0.05) is 17.8 Å². The molecule has 0 bridgehead atoms. The summed E-state index contributed by atoms with van der Waals surface area (Å²) in [6, 6.07) is 16.5. The largest absolute Gasteiger partial charge is 0.366 e. The van der Waals surface area contributed by atoms with Crippen LogP contribution in [0, 0.1) is 0 Å². The number of primary amides is 1. The van der Waals surface area contributed by atoms with E-state index in [0.717, 1.165) is 5.56 Å². The number of carbonyl (C=O) groups is 2. The number of carbonyl (C=O) groups excluding carboxylic acids is 2. The van der Waals surface area contributed by atoms with E-state index in [4.69, 9.17) is 5.73 Å². The Balaban J connectivity index is 1.85. The molecular weight excluding hydrogens is 278 g/mol. The first-order valence-corrected chi connectivity index (χ1v) is 6.97. The fourth-order valence-electron chi connectivity index (χ4n) is 2.11. The van der Waals surface area contributed by atoms with Gasteiger partial charge in [-0.05, 0) is 36.9 Å². The number of nitrogens with two attached hydrogens (primary N) is 1. The first-order chi connectivity index (χ1) is 10.5. The van der Waals surface area contributed by atoms with Crippen LogP contribution in [0.1, 0.15) is 15.9 Å². The first-order valence-electron chi connectivity index (χ1n) is 6.97. The number of hydrogen-bond donors (Lipinski definition) is 2. The zero-order chi connectivity index (χ0) is 15.9. The highest BCUT2D eigenvalue weighted by Gasteiger charge is 2.08. The van der Waals surface area contributed by atoms with E-state index < -0.39 is 5.91 Å². The van der Waals surface area contributed by atoms with Crippen molar-refractivity contribution in [2.45, 2.75) is 6.54 Å². The van der Waals surface area contributed by atoms with E-state index in [2.05, 4.69) is 5.32 Å². The summed E-state index contributed by atoms with van der Waals surface area (Å²) in [5.74, 6) is -0.592. The molecule has 0 saturated carbocycles. The van der Waals surface area contributed by atoms with Crippen LogP contribution < -0.4 is 11.1 Å². The van der Waals surface area contributed by atoms with Crippen molar-refractivity contribution in [3.63, 3.8) is 0 Å². The lowest BCUT2D eigenvalue weighted by Crippen LogP contribution is -2.29. The molecule has 2 rings (SSSR count). The summed E-state index contributed by atoms with van der Waals surface area (Å²) < 4.78 is 0. The number of anilines is 1. The summed E-state index contributed by atoms with van der Waals surface area (Å²) >= 11 is 0. The number of rotatable bonds is 6. The molecule has 0 heterocycles. The number of amides is 2. The van der Waals surface area contributed by atoms with Crippen molar-refractivity contribution in [2.75, 3.05) is 18.9 Å². The molecule has 22 heavy (non-hydrogen) atoms. The molecule has 0 spiro atoms. The van der Waals surface area contributed by atoms with Crippen molar-refractivity contribution < 1.29 is 9.59 Å². The normalized spacial score (nSPS) is 10.5. The van der Waals surface area contributed by atoms with Crippen LogP contribution >= 0.6 is 0 Å². The van der Waals surface area contributed by atoms with Gasteiger partial charge in [0.2, 0.25) is 11.8 Å². The van der Waals surface area contributed by atoms with Gasteiger partial charge < -0.3 is 11.1 Å². The monoisotopic (exact) mass is 297 g/mol. The molecule has 5 nitrogen and oxygen atoms in total. The van der Waals surface area contributed by atoms with Gasteiger partial charge in [-0.2, -0.15) is 0 Å². The molecule has 114 valence electrons. The van der Waals surface area contributed by atoms with Gasteiger partial charge in [-0.3, -0.25) is 14.5 Å². The van der Waals surface area contributed by atoms with Crippen LogP contribution in [0.5, 0.6) is 0 Å². The highest BCUT2D eigenvalue weighted by atomic mass is 16.2. The van der Waals surface area contributed by atoms with Crippen LogP contribution in [0.3, 0.4) is 0 Å². The molecule has 2 amide bonds. The maximum absolute atomic E-state index is 12.0. The second kappa shape index (κ2) is 7.38. The Morgan fingerprint density at radius 2 is 1.68 bits per heavy atom. The summed E-state index contributed by atoms with van der Waals surface area (Å²) in [4.78, 5) is 24.9. The summed E-state index contributed by atoms with van der Waals surface area (Å²) in [7, 11) is 1.89. The van der Waals surface area contributed by atoms with E-state index in [1.165, 1.54) is 0 Å². The number of benzene rings is 2. The minimum atomic E-state index is -0.486. The van der Waals surface area contributed by atoms with E-state index in [0.29, 0.717) is 17.8 Å². The molecule has 0 aliphatic carbocycles. The summed E-state index contributed by atoms with van der Waals surface area (Å²) in [6.07, 6.45) is 0. The predicted octanol–water partition coefficient (Wildman–Crippen LogP) is 1.86. The van der Waals surface area contributed by atoms with Crippen LogP contribution in [0.4, 0.5) is 5.69 Å². The van der Waals surface area contributed by atoms with Crippen molar-refractivity contribution >= 4 is 17.5 Å². The SMILES string of the molecule is CN(CC(=O)Nc1ccc(C(N)=O)cc1)Cc1ccccc1. The molecule has 2 aromatic carbocycles. The first kappa shape index (κ1) is 15.7. The van der Waals surface area contributed by atoms with E-state index >= 15 is 0 Å². The van der Waals surface area contributed by atoms with Crippen molar-refractivity contribution in [3.8, 4) is 0 Å². The smallest absolute Gasteiger partial charge is 0.248 e. The average Bonchev–Trinajstić information content (AvgIpc) is 2.48. The fraction of sp³-hybridized carbons (Fsp3) is 0.176. The van der Waals surface area contributed by atoms with Crippen LogP contribution in [-0.4, -0.2) is 30.3 Å². The number of nitrogens with one attached hydrogen (secondary N) is 1. The van der Waals surface area contributed by atoms with E-state index in [1.807, 2.05) is 42.3 Å². The topological polar surface area (TPSA) is 75.4 Å². The van der Waals surface area contributed by atoms with Crippen molar-refractivity contribution in [2.24, 2.45) is 5.73 Å². The Morgan fingerprint density at radius 3 is 2.27 bits per heavy atom. The van der Waals surface area contributed by atoms with Gasteiger partial charge in [-0.15, -0.1) is 0 Å². The Hall–Kier alpha value is -2.66.